The Morgan fingerprint density at radius 3 is 1.67 bits per heavy atom. The number of guanidine groups is 1. The number of aliphatic hydroxyl groups excluding tert-OH is 4. The summed E-state index contributed by atoms with van der Waals surface area (Å²) in [5.74, 6) is -13.3. The molecule has 10 amide bonds. The van der Waals surface area contributed by atoms with Crippen LogP contribution in [0.15, 0.2) is 4.99 Å². The molecule has 0 saturated carbocycles. The van der Waals surface area contributed by atoms with Gasteiger partial charge in [-0.25, -0.2) is 0 Å². The Labute approximate surface area is 417 Å². The molecule has 1 aliphatic heterocycles. The molecule has 0 aromatic rings. The van der Waals surface area contributed by atoms with Crippen LogP contribution >= 0.6 is 24.8 Å². The maximum absolute atomic E-state index is 14.1. The highest BCUT2D eigenvalue weighted by molar-refractivity contribution is 5.99. The number of aliphatic imine (C=N–C) groups is 1. The minimum Gasteiger partial charge on any atom is -0.394 e. The molecule has 0 radical (unpaired) electrons. The SMILES string of the molecule is CC[C@H](C)[C@@H]1NC(=O)[C@@H](CCCN=C(N)N)NC(=O)[C@H](CC(C)C)NC(=O)[C@H]([C@H](O)C(C)C)NC(=O)[C@@H](N)CNC(=O)[C@H](CO)NC(=O)[C@H]([C@H](O)C(N)=O)NC(=O)CNC(=O)[C@H]([C@H](C)O)NC1=O.Cl.Cl. The molecular formula is C40H74Cl2N14O14. The lowest BCUT2D eigenvalue weighted by Crippen LogP contribution is -2.64. The van der Waals surface area contributed by atoms with Crippen molar-refractivity contribution in [1.82, 2.24) is 47.9 Å². The van der Waals surface area contributed by atoms with Crippen molar-refractivity contribution in [3.05, 3.63) is 0 Å². The zero-order valence-corrected chi connectivity index (χ0v) is 41.8. The highest BCUT2D eigenvalue weighted by Crippen LogP contribution is 2.14. The molecule has 1 rings (SSSR count). The summed E-state index contributed by atoms with van der Waals surface area (Å²) in [5, 5.41) is 62.7. The van der Waals surface area contributed by atoms with Gasteiger partial charge in [-0.2, -0.15) is 0 Å². The van der Waals surface area contributed by atoms with Crippen molar-refractivity contribution in [3.8, 4) is 0 Å². The average molecular weight is 1050 g/mol. The van der Waals surface area contributed by atoms with Crippen molar-refractivity contribution < 1.29 is 68.4 Å². The number of nitrogens with one attached hydrogen (secondary N) is 9. The van der Waals surface area contributed by atoms with E-state index in [-0.39, 0.29) is 68.9 Å². The standard InChI is InChI=1S/C40H72N14O14.2ClH/c1-8-18(6)25-37(66)53-26(19(7)56)36(65)47-14-24(57)51-28(30(59)31(42)60)39(68)50-23(15-55)33(62)46-13-20(41)32(61)54-27(29(58)17(4)5)38(67)49-22(12-16(2)3)35(64)48-21(34(63)52-25)10-9-11-45-40(43)44;;/h16-23,25-30,55-56,58-59H,8-15,41H2,1-7H3,(H2,42,60)(H,46,62)(H,47,65)(H,48,64)(H,49,67)(H,50,68)(H,51,57)(H,52,63)(H,53,66)(H,54,61)(H4,43,44,45);2*1H/t18-,19-,20-,21+,22-,23-,25-,26-,27-,28-,29+,30-;;/m0../s1. The van der Waals surface area contributed by atoms with Gasteiger partial charge in [-0.15, -0.1) is 24.8 Å². The monoisotopic (exact) mass is 1040 g/mol. The summed E-state index contributed by atoms with van der Waals surface area (Å²) in [4.78, 5) is 138. The fraction of sp³-hybridized carbons (Fsp3) is 0.725. The highest BCUT2D eigenvalue weighted by atomic mass is 35.5. The summed E-state index contributed by atoms with van der Waals surface area (Å²) in [6.45, 7) is 8.10. The molecule has 1 fully saturated rings. The lowest BCUT2D eigenvalue weighted by molar-refractivity contribution is -0.140. The Hall–Kier alpha value is -5.65. The van der Waals surface area contributed by atoms with E-state index in [0.717, 1.165) is 6.92 Å². The molecule has 0 aliphatic carbocycles. The van der Waals surface area contributed by atoms with Crippen LogP contribution < -0.4 is 70.8 Å². The minimum atomic E-state index is -2.44. The van der Waals surface area contributed by atoms with Crippen molar-refractivity contribution in [3.63, 3.8) is 0 Å². The van der Waals surface area contributed by atoms with E-state index < -0.39 is 157 Å². The number of hydrogen-bond acceptors (Lipinski definition) is 16. The Morgan fingerprint density at radius 2 is 1.16 bits per heavy atom. The summed E-state index contributed by atoms with van der Waals surface area (Å²) in [7, 11) is 0. The summed E-state index contributed by atoms with van der Waals surface area (Å²) in [6.07, 6.45) is -5.43. The van der Waals surface area contributed by atoms with Crippen molar-refractivity contribution >= 4 is 89.8 Å². The number of primary amides is 1. The number of carbonyl (C=O) groups is 10. The molecule has 28 nitrogen and oxygen atoms in total. The predicted molar refractivity (Wildman–Crippen MR) is 256 cm³/mol. The average Bonchev–Trinajstić information content (AvgIpc) is 3.26. The molecule has 0 unspecified atom stereocenters. The number of halogens is 2. The summed E-state index contributed by atoms with van der Waals surface area (Å²) >= 11 is 0. The normalized spacial score (nSPS) is 26.1. The Kier molecular flexibility index (Phi) is 30.6. The Morgan fingerprint density at radius 1 is 0.643 bits per heavy atom. The van der Waals surface area contributed by atoms with E-state index in [4.69, 9.17) is 22.9 Å². The zero-order chi connectivity index (χ0) is 52.2. The second-order valence-corrected chi connectivity index (χ2v) is 17.2. The van der Waals surface area contributed by atoms with Gasteiger partial charge >= 0.3 is 0 Å². The molecule has 1 heterocycles. The first kappa shape index (κ1) is 66.4. The quantitative estimate of drug-likeness (QED) is 0.0436. The number of nitrogens with zero attached hydrogens (tertiary/aromatic N) is 1. The van der Waals surface area contributed by atoms with E-state index in [9.17, 15) is 68.4 Å². The van der Waals surface area contributed by atoms with Crippen molar-refractivity contribution in [2.45, 2.75) is 141 Å². The van der Waals surface area contributed by atoms with E-state index in [1.807, 2.05) is 10.6 Å². The van der Waals surface area contributed by atoms with Gasteiger partial charge < -0.3 is 91.2 Å². The van der Waals surface area contributed by atoms with E-state index >= 15 is 0 Å². The highest BCUT2D eigenvalue weighted by Gasteiger charge is 2.39. The largest absolute Gasteiger partial charge is 0.394 e. The van der Waals surface area contributed by atoms with Crippen molar-refractivity contribution in [2.75, 3.05) is 26.2 Å². The van der Waals surface area contributed by atoms with Gasteiger partial charge in [0.2, 0.25) is 59.1 Å². The molecule has 1 aliphatic rings. The molecule has 1 saturated heterocycles. The van der Waals surface area contributed by atoms with Gasteiger partial charge in [0, 0.05) is 13.1 Å². The van der Waals surface area contributed by atoms with Gasteiger partial charge in [-0.1, -0.05) is 48.0 Å². The lowest BCUT2D eigenvalue weighted by Gasteiger charge is -2.31. The first-order valence-electron chi connectivity index (χ1n) is 22.1. The first-order valence-corrected chi connectivity index (χ1v) is 22.1. The van der Waals surface area contributed by atoms with E-state index in [0.29, 0.717) is 0 Å². The first-order chi connectivity index (χ1) is 31.7. The number of hydrogen-bond donors (Lipinski definition) is 17. The summed E-state index contributed by atoms with van der Waals surface area (Å²) < 4.78 is 0. The molecule has 0 aromatic heterocycles. The van der Waals surface area contributed by atoms with Crippen LogP contribution in [0.4, 0.5) is 0 Å². The van der Waals surface area contributed by atoms with Crippen LogP contribution in [0.25, 0.3) is 0 Å². The second-order valence-electron chi connectivity index (χ2n) is 17.2. The molecule has 0 aromatic carbocycles. The lowest BCUT2D eigenvalue weighted by atomic mass is 9.96. The van der Waals surface area contributed by atoms with Gasteiger partial charge in [0.15, 0.2) is 12.1 Å². The molecule has 402 valence electrons. The van der Waals surface area contributed by atoms with Crippen molar-refractivity contribution in [2.24, 2.45) is 45.7 Å². The van der Waals surface area contributed by atoms with E-state index in [1.54, 1.807) is 27.7 Å². The van der Waals surface area contributed by atoms with Crippen LogP contribution in [0.2, 0.25) is 0 Å². The molecule has 30 heteroatoms. The molecular weight excluding hydrogens is 971 g/mol. The second kappa shape index (κ2) is 32.3. The van der Waals surface area contributed by atoms with E-state index in [2.05, 4.69) is 42.2 Å². The fourth-order valence-electron chi connectivity index (χ4n) is 6.40. The fourth-order valence-corrected chi connectivity index (χ4v) is 6.40. The van der Waals surface area contributed by atoms with Gasteiger partial charge in [0.1, 0.15) is 48.3 Å². The molecule has 70 heavy (non-hydrogen) atoms. The van der Waals surface area contributed by atoms with Gasteiger partial charge in [-0.3, -0.25) is 52.9 Å². The number of aliphatic hydroxyl groups is 4. The molecule has 0 spiro atoms. The van der Waals surface area contributed by atoms with Crippen LogP contribution in [-0.2, 0) is 47.9 Å². The van der Waals surface area contributed by atoms with Crippen LogP contribution in [0, 0.1) is 17.8 Å². The zero-order valence-electron chi connectivity index (χ0n) is 40.2. The Balaban J connectivity index is 0. The number of nitrogens with two attached hydrogens (primary N) is 4. The summed E-state index contributed by atoms with van der Waals surface area (Å²) in [6, 6.07) is -13.5. The number of carbonyl (C=O) groups excluding carboxylic acids is 10. The van der Waals surface area contributed by atoms with Crippen LogP contribution in [0.3, 0.4) is 0 Å². The third-order valence-electron chi connectivity index (χ3n) is 10.7. The van der Waals surface area contributed by atoms with Crippen LogP contribution in [0.5, 0.6) is 0 Å². The number of rotatable bonds is 14. The Bertz CT molecular complexity index is 1830. The molecule has 12 atom stereocenters. The predicted octanol–water partition coefficient (Wildman–Crippen LogP) is -7.82. The maximum atomic E-state index is 14.1. The van der Waals surface area contributed by atoms with Gasteiger partial charge in [-0.05, 0) is 43.9 Å². The topological polar surface area (TPSA) is 476 Å². The molecule has 0 bridgehead atoms. The van der Waals surface area contributed by atoms with Crippen LogP contribution in [-0.4, -0.2) is 178 Å². The van der Waals surface area contributed by atoms with Crippen molar-refractivity contribution in [1.29, 1.82) is 0 Å². The summed E-state index contributed by atoms with van der Waals surface area (Å²) in [5.41, 5.74) is 22.1. The molecule has 21 N–H and O–H groups in total. The third kappa shape index (κ3) is 22.0. The maximum Gasteiger partial charge on any atom is 0.248 e. The minimum absolute atomic E-state index is 0. The van der Waals surface area contributed by atoms with E-state index in [1.165, 1.54) is 13.8 Å². The third-order valence-corrected chi connectivity index (χ3v) is 10.7. The smallest absolute Gasteiger partial charge is 0.248 e. The van der Waals surface area contributed by atoms with Gasteiger partial charge in [0.25, 0.3) is 0 Å². The van der Waals surface area contributed by atoms with Crippen LogP contribution in [0.1, 0.15) is 74.1 Å². The van der Waals surface area contributed by atoms with Gasteiger partial charge in [0.05, 0.1) is 25.4 Å². The number of amides is 10.